The van der Waals surface area contributed by atoms with Crippen LogP contribution >= 0.6 is 11.3 Å². The summed E-state index contributed by atoms with van der Waals surface area (Å²) in [6.07, 6.45) is 0. The molecule has 0 radical (unpaired) electrons. The zero-order chi connectivity index (χ0) is 24.3. The zero-order valence-corrected chi connectivity index (χ0v) is 19.9. The molecule has 0 unspecified atom stereocenters. The molecule has 2 N–H and O–H groups in total. The van der Waals surface area contributed by atoms with E-state index in [2.05, 4.69) is 5.32 Å². The minimum Gasteiger partial charge on any atom is -0.478 e. The molecule has 0 aliphatic rings. The molecule has 0 aliphatic heterocycles. The van der Waals surface area contributed by atoms with Crippen molar-refractivity contribution in [1.29, 1.82) is 0 Å². The van der Waals surface area contributed by atoms with Crippen molar-refractivity contribution in [1.82, 2.24) is 9.62 Å². The van der Waals surface area contributed by atoms with E-state index in [1.165, 1.54) is 34.8 Å². The number of sulfonamides is 1. The molecule has 0 bridgehead atoms. The van der Waals surface area contributed by atoms with Gasteiger partial charge in [0.05, 0.1) is 5.56 Å². The number of carbonyl (C=O) groups excluding carboxylic acids is 1. The Bertz CT molecular complexity index is 1430. The van der Waals surface area contributed by atoms with Gasteiger partial charge >= 0.3 is 5.97 Å². The molecule has 1 amide bonds. The van der Waals surface area contributed by atoms with Crippen molar-refractivity contribution in [3.63, 3.8) is 0 Å². The smallest absolute Gasteiger partial charge is 0.335 e. The van der Waals surface area contributed by atoms with Crippen molar-refractivity contribution in [3.05, 3.63) is 101 Å². The van der Waals surface area contributed by atoms with Gasteiger partial charge in [-0.3, -0.25) is 4.79 Å². The normalized spacial score (nSPS) is 11.6. The number of rotatable bonds is 8. The lowest BCUT2D eigenvalue weighted by molar-refractivity contribution is 0.0696. The van der Waals surface area contributed by atoms with Gasteiger partial charge in [-0.15, -0.1) is 11.3 Å². The molecule has 0 saturated carbocycles. The Morgan fingerprint density at radius 1 is 0.912 bits per heavy atom. The molecule has 174 valence electrons. The molecule has 1 heterocycles. The van der Waals surface area contributed by atoms with E-state index < -0.39 is 16.0 Å². The van der Waals surface area contributed by atoms with Gasteiger partial charge in [0.15, 0.2) is 0 Å². The molecular weight excluding hydrogens is 472 g/mol. The highest BCUT2D eigenvalue weighted by Gasteiger charge is 2.23. The van der Waals surface area contributed by atoms with Crippen molar-refractivity contribution in [2.75, 3.05) is 7.05 Å². The highest BCUT2D eigenvalue weighted by Crippen LogP contribution is 2.30. The number of aromatic carboxylic acids is 1. The number of hydrogen-bond acceptors (Lipinski definition) is 5. The van der Waals surface area contributed by atoms with Gasteiger partial charge in [0, 0.05) is 30.4 Å². The zero-order valence-electron chi connectivity index (χ0n) is 18.3. The second-order valence-electron chi connectivity index (χ2n) is 7.75. The van der Waals surface area contributed by atoms with Gasteiger partial charge in [-0.25, -0.2) is 13.2 Å². The number of nitrogens with one attached hydrogen (secondary N) is 1. The molecule has 0 atom stereocenters. The third kappa shape index (κ3) is 5.17. The quantitative estimate of drug-likeness (QED) is 0.379. The summed E-state index contributed by atoms with van der Waals surface area (Å²) in [5.41, 5.74) is 2.04. The Hall–Kier alpha value is -3.53. The minimum atomic E-state index is -3.68. The first-order valence-corrected chi connectivity index (χ1v) is 12.6. The maximum Gasteiger partial charge on any atom is 0.335 e. The first-order chi connectivity index (χ1) is 16.2. The Kier molecular flexibility index (Phi) is 6.78. The predicted octanol–water partition coefficient (Wildman–Crippen LogP) is 4.35. The molecule has 0 saturated heterocycles. The standard InChI is InChI=1S/C25H22N2O5S2/c1-27(34(31,32)23-14-20-6-2-3-8-22(20)33-23)16-18-5-4-7-21(13-18)24(28)26-15-17-9-11-19(12-10-17)25(29)30/h2-14H,15-16H2,1H3,(H,26,28)(H,29,30). The Labute approximate surface area is 201 Å². The van der Waals surface area contributed by atoms with Gasteiger partial charge in [-0.2, -0.15) is 4.31 Å². The van der Waals surface area contributed by atoms with E-state index in [0.29, 0.717) is 11.1 Å². The van der Waals surface area contributed by atoms with Gasteiger partial charge in [0.2, 0.25) is 0 Å². The minimum absolute atomic E-state index is 0.119. The van der Waals surface area contributed by atoms with E-state index >= 15 is 0 Å². The van der Waals surface area contributed by atoms with Crippen LogP contribution in [0.2, 0.25) is 0 Å². The van der Waals surface area contributed by atoms with Crippen LogP contribution in [0, 0.1) is 0 Å². The van der Waals surface area contributed by atoms with Gasteiger partial charge in [0.25, 0.3) is 15.9 Å². The highest BCUT2D eigenvalue weighted by atomic mass is 32.2. The lowest BCUT2D eigenvalue weighted by Gasteiger charge is -2.16. The van der Waals surface area contributed by atoms with Crippen LogP contribution in [0.15, 0.2) is 83.1 Å². The van der Waals surface area contributed by atoms with E-state index in [4.69, 9.17) is 5.11 Å². The summed E-state index contributed by atoms with van der Waals surface area (Å²) in [5, 5.41) is 12.7. The van der Waals surface area contributed by atoms with Gasteiger partial charge in [0.1, 0.15) is 4.21 Å². The van der Waals surface area contributed by atoms with Crippen LogP contribution in [-0.2, 0) is 23.1 Å². The summed E-state index contributed by atoms with van der Waals surface area (Å²) in [4.78, 5) is 23.6. The third-order valence-corrected chi connectivity index (χ3v) is 8.68. The first kappa shape index (κ1) is 23.6. The molecule has 3 aromatic carbocycles. The lowest BCUT2D eigenvalue weighted by Crippen LogP contribution is -2.26. The fraction of sp³-hybridized carbons (Fsp3) is 0.120. The van der Waals surface area contributed by atoms with Gasteiger partial charge in [-0.05, 0) is 52.9 Å². The number of carbonyl (C=O) groups is 2. The monoisotopic (exact) mass is 494 g/mol. The molecule has 4 aromatic rings. The van der Waals surface area contributed by atoms with Gasteiger partial charge in [-0.1, -0.05) is 42.5 Å². The number of nitrogens with zero attached hydrogens (tertiary/aromatic N) is 1. The van der Waals surface area contributed by atoms with E-state index in [1.54, 1.807) is 42.5 Å². The topological polar surface area (TPSA) is 104 Å². The van der Waals surface area contributed by atoms with Crippen LogP contribution in [0.1, 0.15) is 31.8 Å². The second-order valence-corrected chi connectivity index (χ2v) is 11.1. The lowest BCUT2D eigenvalue weighted by atomic mass is 10.1. The molecule has 4 rings (SSSR count). The van der Waals surface area contributed by atoms with E-state index in [9.17, 15) is 18.0 Å². The highest BCUT2D eigenvalue weighted by molar-refractivity contribution is 7.91. The van der Waals surface area contributed by atoms with Gasteiger partial charge < -0.3 is 10.4 Å². The number of carboxylic acid groups (broad SMARTS) is 1. The van der Waals surface area contributed by atoms with E-state index in [1.807, 2.05) is 24.3 Å². The number of benzene rings is 3. The maximum atomic E-state index is 13.1. The molecule has 0 spiro atoms. The summed E-state index contributed by atoms with van der Waals surface area (Å²) >= 11 is 1.23. The fourth-order valence-electron chi connectivity index (χ4n) is 3.44. The molecule has 1 aromatic heterocycles. The summed E-state index contributed by atoms with van der Waals surface area (Å²) in [7, 11) is -2.16. The van der Waals surface area contributed by atoms with Crippen molar-refractivity contribution in [2.24, 2.45) is 0 Å². The van der Waals surface area contributed by atoms with E-state index in [0.717, 1.165) is 15.6 Å². The van der Waals surface area contributed by atoms with Crippen LogP contribution in [0.25, 0.3) is 10.1 Å². The van der Waals surface area contributed by atoms with E-state index in [-0.39, 0.29) is 28.8 Å². The summed E-state index contributed by atoms with van der Waals surface area (Å²) in [5.74, 6) is -1.31. The third-order valence-electron chi connectivity index (χ3n) is 5.32. The summed E-state index contributed by atoms with van der Waals surface area (Å²) < 4.78 is 28.6. The number of thiophene rings is 1. The van der Waals surface area contributed by atoms with Crippen molar-refractivity contribution < 1.29 is 23.1 Å². The molecule has 9 heteroatoms. The summed E-state index contributed by atoms with van der Waals surface area (Å²) in [6, 6.07) is 22.3. The maximum absolute atomic E-state index is 13.1. The Balaban J connectivity index is 1.43. The van der Waals surface area contributed by atoms with Crippen LogP contribution in [0.3, 0.4) is 0 Å². The van der Waals surface area contributed by atoms with Crippen LogP contribution in [-0.4, -0.2) is 36.8 Å². The first-order valence-electron chi connectivity index (χ1n) is 10.4. The number of carboxylic acids is 1. The van der Waals surface area contributed by atoms with Crippen molar-refractivity contribution >= 4 is 43.3 Å². The SMILES string of the molecule is CN(Cc1cccc(C(=O)NCc2ccc(C(=O)O)cc2)c1)S(=O)(=O)c1cc2ccccc2s1. The van der Waals surface area contributed by atoms with Crippen LogP contribution in [0.5, 0.6) is 0 Å². The van der Waals surface area contributed by atoms with Crippen molar-refractivity contribution in [2.45, 2.75) is 17.3 Å². The fourth-order valence-corrected chi connectivity index (χ4v) is 6.21. The Morgan fingerprint density at radius 2 is 1.65 bits per heavy atom. The van der Waals surface area contributed by atoms with Crippen LogP contribution < -0.4 is 5.32 Å². The average Bonchev–Trinajstić information content (AvgIpc) is 3.28. The summed E-state index contributed by atoms with van der Waals surface area (Å²) in [6.45, 7) is 0.359. The predicted molar refractivity (Wildman–Crippen MR) is 131 cm³/mol. The number of amides is 1. The van der Waals surface area contributed by atoms with Crippen LogP contribution in [0.4, 0.5) is 0 Å². The largest absolute Gasteiger partial charge is 0.478 e. The molecular formula is C25H22N2O5S2. The van der Waals surface area contributed by atoms with Crippen molar-refractivity contribution in [3.8, 4) is 0 Å². The molecule has 34 heavy (non-hydrogen) atoms. The second kappa shape index (κ2) is 9.76. The molecule has 7 nitrogen and oxygen atoms in total. The average molecular weight is 495 g/mol. The number of fused-ring (bicyclic) bond motifs is 1. The Morgan fingerprint density at radius 3 is 2.35 bits per heavy atom. The number of hydrogen-bond donors (Lipinski definition) is 2. The molecule has 0 aliphatic carbocycles. The molecule has 0 fully saturated rings.